The second-order valence-corrected chi connectivity index (χ2v) is 7.57. The fourth-order valence-corrected chi connectivity index (χ4v) is 4.52. The summed E-state index contributed by atoms with van der Waals surface area (Å²) in [6, 6.07) is 0.572. The first-order chi connectivity index (χ1) is 11.8. The average molecular weight is 331 g/mol. The number of hydrogen-bond donors (Lipinski definition) is 1. The van der Waals surface area contributed by atoms with Crippen LogP contribution in [0.25, 0.3) is 0 Å². The summed E-state index contributed by atoms with van der Waals surface area (Å²) in [7, 11) is 0. The van der Waals surface area contributed by atoms with Crippen molar-refractivity contribution in [2.45, 2.75) is 89.3 Å². The maximum atomic E-state index is 12.9. The maximum absolute atomic E-state index is 12.9. The van der Waals surface area contributed by atoms with E-state index < -0.39 is 0 Å². The fourth-order valence-electron chi connectivity index (χ4n) is 4.52. The number of nitrogens with zero attached hydrogens (tertiary/aromatic N) is 4. The zero-order valence-electron chi connectivity index (χ0n) is 14.5. The van der Waals surface area contributed by atoms with Crippen LogP contribution in [0.3, 0.4) is 0 Å². The van der Waals surface area contributed by atoms with E-state index >= 15 is 0 Å². The molecule has 2 aliphatic heterocycles. The number of piperidine rings is 1. The minimum atomic E-state index is 0.0988. The summed E-state index contributed by atoms with van der Waals surface area (Å²) in [6.45, 7) is 1.84. The zero-order valence-corrected chi connectivity index (χ0v) is 14.5. The summed E-state index contributed by atoms with van der Waals surface area (Å²) in [4.78, 5) is 14.9. The third-order valence-electron chi connectivity index (χ3n) is 5.88. The Labute approximate surface area is 144 Å². The van der Waals surface area contributed by atoms with Crippen molar-refractivity contribution in [1.82, 2.24) is 25.0 Å². The normalized spacial score (nSPS) is 25.3. The van der Waals surface area contributed by atoms with E-state index in [1.165, 1.54) is 38.5 Å². The number of aryl methyl sites for hydroxylation is 1. The number of amides is 2. The lowest BCUT2D eigenvalue weighted by Crippen LogP contribution is -2.49. The van der Waals surface area contributed by atoms with Gasteiger partial charge in [-0.25, -0.2) is 4.79 Å². The summed E-state index contributed by atoms with van der Waals surface area (Å²) in [5.74, 6) is 2.12. The molecule has 1 aromatic heterocycles. The Hall–Kier alpha value is -1.59. The first kappa shape index (κ1) is 15.9. The van der Waals surface area contributed by atoms with Crippen molar-refractivity contribution < 1.29 is 4.79 Å². The molecule has 0 aromatic carbocycles. The van der Waals surface area contributed by atoms with E-state index in [1.54, 1.807) is 0 Å². The van der Waals surface area contributed by atoms with Crippen LogP contribution in [0.1, 0.15) is 81.9 Å². The highest BCUT2D eigenvalue weighted by Crippen LogP contribution is 2.32. The van der Waals surface area contributed by atoms with Crippen LogP contribution in [-0.4, -0.2) is 38.3 Å². The van der Waals surface area contributed by atoms with Gasteiger partial charge < -0.3 is 14.8 Å². The molecule has 2 fully saturated rings. The van der Waals surface area contributed by atoms with Gasteiger partial charge in [0.2, 0.25) is 0 Å². The number of nitrogens with one attached hydrogen (secondary N) is 1. The highest BCUT2D eigenvalue weighted by Gasteiger charge is 2.33. The van der Waals surface area contributed by atoms with Gasteiger partial charge >= 0.3 is 6.03 Å². The molecule has 1 atom stereocenters. The number of hydrogen-bond acceptors (Lipinski definition) is 3. The second kappa shape index (κ2) is 7.11. The lowest BCUT2D eigenvalue weighted by Gasteiger charge is -2.37. The van der Waals surface area contributed by atoms with Gasteiger partial charge in [-0.3, -0.25) is 0 Å². The Morgan fingerprint density at radius 3 is 2.58 bits per heavy atom. The van der Waals surface area contributed by atoms with Crippen molar-refractivity contribution in [2.24, 2.45) is 0 Å². The molecular weight excluding hydrogens is 302 g/mol. The van der Waals surface area contributed by atoms with E-state index in [-0.39, 0.29) is 12.1 Å². The Morgan fingerprint density at radius 2 is 1.71 bits per heavy atom. The number of likely N-dealkylation sites (tertiary alicyclic amines) is 1. The molecule has 1 N–H and O–H groups in total. The summed E-state index contributed by atoms with van der Waals surface area (Å²) in [5.41, 5.74) is 0. The van der Waals surface area contributed by atoms with Crippen molar-refractivity contribution in [3.63, 3.8) is 0 Å². The smallest absolute Gasteiger partial charge is 0.318 e. The molecule has 1 aromatic rings. The number of rotatable bonds is 2. The highest BCUT2D eigenvalue weighted by atomic mass is 16.2. The van der Waals surface area contributed by atoms with Crippen LogP contribution in [0.2, 0.25) is 0 Å². The summed E-state index contributed by atoms with van der Waals surface area (Å²) in [6.07, 6.45) is 12.7. The van der Waals surface area contributed by atoms with Crippen LogP contribution in [-0.2, 0) is 13.0 Å². The SMILES string of the molecule is O=C(NC1CCCCC1)N1CCCC[C@H]1c1nnc2n1CCCC2. The second-order valence-electron chi connectivity index (χ2n) is 7.57. The molecule has 1 aliphatic carbocycles. The van der Waals surface area contributed by atoms with Gasteiger partial charge in [0.1, 0.15) is 5.82 Å². The molecule has 0 bridgehead atoms. The zero-order chi connectivity index (χ0) is 16.4. The molecule has 0 radical (unpaired) electrons. The van der Waals surface area contributed by atoms with Gasteiger partial charge in [-0.15, -0.1) is 10.2 Å². The van der Waals surface area contributed by atoms with Crippen molar-refractivity contribution >= 4 is 6.03 Å². The Kier molecular flexibility index (Phi) is 4.72. The number of carbonyl (C=O) groups is 1. The number of fused-ring (bicyclic) bond motifs is 1. The van der Waals surface area contributed by atoms with E-state index in [0.29, 0.717) is 6.04 Å². The van der Waals surface area contributed by atoms with Crippen LogP contribution >= 0.6 is 0 Å². The first-order valence-corrected chi connectivity index (χ1v) is 9.82. The van der Waals surface area contributed by atoms with Crippen molar-refractivity contribution in [2.75, 3.05) is 6.54 Å². The van der Waals surface area contributed by atoms with Crippen LogP contribution in [0.15, 0.2) is 0 Å². The van der Waals surface area contributed by atoms with Gasteiger partial charge in [-0.2, -0.15) is 0 Å². The third-order valence-corrected chi connectivity index (χ3v) is 5.88. The standard InChI is InChI=1S/C18H29N5O/c24-18(19-14-8-2-1-3-9-14)22-12-6-4-10-15(22)17-21-20-16-11-5-7-13-23(16)17/h14-15H,1-13H2,(H,19,24)/t15-/m0/s1. The molecule has 1 saturated carbocycles. The minimum Gasteiger partial charge on any atom is -0.335 e. The molecular formula is C18H29N5O. The van der Waals surface area contributed by atoms with Crippen molar-refractivity contribution in [1.29, 1.82) is 0 Å². The van der Waals surface area contributed by atoms with E-state index in [4.69, 9.17) is 0 Å². The fraction of sp³-hybridized carbons (Fsp3) is 0.833. The van der Waals surface area contributed by atoms with Gasteiger partial charge in [0.25, 0.3) is 0 Å². The number of urea groups is 1. The van der Waals surface area contributed by atoms with Crippen LogP contribution in [0.5, 0.6) is 0 Å². The lowest BCUT2D eigenvalue weighted by molar-refractivity contribution is 0.140. The molecule has 24 heavy (non-hydrogen) atoms. The van der Waals surface area contributed by atoms with Gasteiger partial charge in [-0.05, 0) is 44.9 Å². The molecule has 0 spiro atoms. The van der Waals surface area contributed by atoms with E-state index in [9.17, 15) is 4.79 Å². The third kappa shape index (κ3) is 3.15. The maximum Gasteiger partial charge on any atom is 0.318 e. The Morgan fingerprint density at radius 1 is 0.917 bits per heavy atom. The predicted octanol–water partition coefficient (Wildman–Crippen LogP) is 3.18. The van der Waals surface area contributed by atoms with Gasteiger partial charge in [0.05, 0.1) is 6.04 Å². The topological polar surface area (TPSA) is 63.1 Å². The van der Waals surface area contributed by atoms with Crippen LogP contribution in [0.4, 0.5) is 4.79 Å². The Balaban J connectivity index is 1.50. The van der Waals surface area contributed by atoms with E-state index in [0.717, 1.165) is 56.8 Å². The molecule has 3 aliphatic rings. The summed E-state index contributed by atoms with van der Waals surface area (Å²) >= 11 is 0. The number of carbonyl (C=O) groups excluding carboxylic acids is 1. The molecule has 2 amide bonds. The predicted molar refractivity (Wildman–Crippen MR) is 91.7 cm³/mol. The van der Waals surface area contributed by atoms with Crippen molar-refractivity contribution in [3.05, 3.63) is 11.6 Å². The van der Waals surface area contributed by atoms with E-state index in [2.05, 4.69) is 20.1 Å². The quantitative estimate of drug-likeness (QED) is 0.905. The highest BCUT2D eigenvalue weighted by molar-refractivity contribution is 5.75. The van der Waals surface area contributed by atoms with Crippen LogP contribution < -0.4 is 5.32 Å². The monoisotopic (exact) mass is 331 g/mol. The van der Waals surface area contributed by atoms with Gasteiger partial charge in [0, 0.05) is 25.6 Å². The minimum absolute atomic E-state index is 0.0988. The molecule has 1 saturated heterocycles. The van der Waals surface area contributed by atoms with E-state index in [1.807, 2.05) is 4.90 Å². The summed E-state index contributed by atoms with van der Waals surface area (Å²) < 4.78 is 2.28. The lowest BCUT2D eigenvalue weighted by atomic mass is 9.95. The first-order valence-electron chi connectivity index (χ1n) is 9.82. The molecule has 132 valence electrons. The van der Waals surface area contributed by atoms with Crippen molar-refractivity contribution in [3.8, 4) is 0 Å². The summed E-state index contributed by atoms with van der Waals surface area (Å²) in [5, 5.41) is 12.2. The average Bonchev–Trinajstić information content (AvgIpc) is 3.06. The van der Waals surface area contributed by atoms with Gasteiger partial charge in [-0.1, -0.05) is 19.3 Å². The largest absolute Gasteiger partial charge is 0.335 e. The molecule has 3 heterocycles. The molecule has 6 nitrogen and oxygen atoms in total. The molecule has 6 heteroatoms. The van der Waals surface area contributed by atoms with Gasteiger partial charge in [0.15, 0.2) is 5.82 Å². The van der Waals surface area contributed by atoms with Crippen LogP contribution in [0, 0.1) is 0 Å². The Bertz CT molecular complexity index is 578. The molecule has 4 rings (SSSR count). The molecule has 0 unspecified atom stereocenters. The number of aromatic nitrogens is 3.